The number of hydrogen-bond donors (Lipinski definition) is 2. The molecule has 12 heteroatoms. The number of aromatic nitrogens is 5. The van der Waals surface area contributed by atoms with Crippen LogP contribution < -0.4 is 5.32 Å². The first kappa shape index (κ1) is 27.0. The summed E-state index contributed by atoms with van der Waals surface area (Å²) in [5.74, 6) is 0.952. The number of nitrogens with one attached hydrogen (secondary N) is 2. The van der Waals surface area contributed by atoms with Gasteiger partial charge in [0, 0.05) is 49.7 Å². The number of hydrogen-bond acceptors (Lipinski definition) is 8. The number of anilines is 2. The summed E-state index contributed by atoms with van der Waals surface area (Å²) in [5, 5.41) is 11.0. The highest BCUT2D eigenvalue weighted by Gasteiger charge is 2.34. The van der Waals surface area contributed by atoms with Gasteiger partial charge in [0.15, 0.2) is 11.5 Å². The number of rotatable bonds is 10. The molecule has 0 bridgehead atoms. The summed E-state index contributed by atoms with van der Waals surface area (Å²) < 4.78 is 46.8. The van der Waals surface area contributed by atoms with Crippen LogP contribution in [0.4, 0.5) is 24.8 Å². The molecule has 39 heavy (non-hydrogen) atoms. The van der Waals surface area contributed by atoms with Crippen molar-refractivity contribution in [3.8, 4) is 11.4 Å². The van der Waals surface area contributed by atoms with Crippen molar-refractivity contribution >= 4 is 22.7 Å². The number of alkyl halides is 3. The monoisotopic (exact) mass is 540 g/mol. The van der Waals surface area contributed by atoms with Crippen molar-refractivity contribution in [1.29, 1.82) is 0 Å². The molecule has 0 radical (unpaired) electrons. The van der Waals surface area contributed by atoms with Gasteiger partial charge >= 0.3 is 6.18 Å². The Morgan fingerprint density at radius 3 is 2.72 bits per heavy atom. The van der Waals surface area contributed by atoms with Crippen LogP contribution in [-0.4, -0.2) is 87.9 Å². The summed E-state index contributed by atoms with van der Waals surface area (Å²) in [4.78, 5) is 17.9. The summed E-state index contributed by atoms with van der Waals surface area (Å²) in [6.07, 6.45) is -1.50. The molecule has 1 saturated heterocycles. The minimum Gasteiger partial charge on any atom is -0.379 e. The fourth-order valence-electron chi connectivity index (χ4n) is 4.59. The van der Waals surface area contributed by atoms with Crippen LogP contribution in [0.1, 0.15) is 17.7 Å². The fourth-order valence-corrected chi connectivity index (χ4v) is 4.59. The zero-order valence-electron chi connectivity index (χ0n) is 21.7. The van der Waals surface area contributed by atoms with Gasteiger partial charge in [-0.2, -0.15) is 18.3 Å². The van der Waals surface area contributed by atoms with E-state index in [1.807, 2.05) is 6.07 Å². The third-order valence-electron chi connectivity index (χ3n) is 6.71. The van der Waals surface area contributed by atoms with Crippen molar-refractivity contribution < 1.29 is 17.9 Å². The molecule has 9 nitrogen and oxygen atoms in total. The Bertz CT molecular complexity index is 1390. The van der Waals surface area contributed by atoms with Crippen LogP contribution in [-0.2, 0) is 17.3 Å². The zero-order chi connectivity index (χ0) is 27.2. The number of benzene rings is 1. The molecule has 0 spiro atoms. The smallest absolute Gasteiger partial charge is 0.379 e. The number of halogens is 3. The standard InChI is InChI=1S/C27H31F3N8O/c1-37(12-13-38-14-16-39-17-15-38)11-5-6-19-18-23(34-26-21-8-4-10-31-24(21)35-36-26)33-25(32-19)20-7-2-3-9-22(20)27(28,29)30/h2-4,7-10,18H,5-6,11-17H2,1H3,(H2,31,32,33,34,35,36). The van der Waals surface area contributed by atoms with E-state index in [1.54, 1.807) is 24.4 Å². The fraction of sp³-hybridized carbons (Fsp3) is 0.407. The van der Waals surface area contributed by atoms with Crippen molar-refractivity contribution in [2.24, 2.45) is 0 Å². The van der Waals surface area contributed by atoms with E-state index in [9.17, 15) is 13.2 Å². The van der Waals surface area contributed by atoms with E-state index in [0.717, 1.165) is 63.8 Å². The van der Waals surface area contributed by atoms with Gasteiger partial charge in [0.2, 0.25) is 0 Å². The topological polar surface area (TPSA) is 95.1 Å². The predicted molar refractivity (Wildman–Crippen MR) is 143 cm³/mol. The molecule has 4 aromatic rings. The van der Waals surface area contributed by atoms with Crippen LogP contribution in [0.3, 0.4) is 0 Å². The number of nitrogens with zero attached hydrogens (tertiary/aromatic N) is 6. The normalized spacial score (nSPS) is 14.8. The van der Waals surface area contributed by atoms with Gasteiger partial charge in [-0.15, -0.1) is 0 Å². The molecule has 0 atom stereocenters. The van der Waals surface area contributed by atoms with E-state index in [-0.39, 0.29) is 11.4 Å². The van der Waals surface area contributed by atoms with Gasteiger partial charge in [0.05, 0.1) is 24.2 Å². The second-order valence-electron chi connectivity index (χ2n) is 9.57. The Kier molecular flexibility index (Phi) is 8.34. The minimum atomic E-state index is -4.53. The average Bonchev–Trinajstić information content (AvgIpc) is 3.34. The zero-order valence-corrected chi connectivity index (χ0v) is 21.7. The maximum absolute atomic E-state index is 13.8. The van der Waals surface area contributed by atoms with E-state index in [4.69, 9.17) is 4.74 Å². The van der Waals surface area contributed by atoms with E-state index in [0.29, 0.717) is 29.4 Å². The first-order valence-corrected chi connectivity index (χ1v) is 13.0. The lowest BCUT2D eigenvalue weighted by Gasteiger charge is -2.28. The maximum atomic E-state index is 13.8. The highest BCUT2D eigenvalue weighted by atomic mass is 19.4. The lowest BCUT2D eigenvalue weighted by molar-refractivity contribution is -0.137. The predicted octanol–water partition coefficient (Wildman–Crippen LogP) is 4.37. The number of aromatic amines is 1. The molecule has 1 aliphatic heterocycles. The van der Waals surface area contributed by atoms with Crippen molar-refractivity contribution in [1.82, 2.24) is 34.9 Å². The molecule has 3 aromatic heterocycles. The van der Waals surface area contributed by atoms with E-state index in [1.165, 1.54) is 12.1 Å². The quantitative estimate of drug-likeness (QED) is 0.306. The van der Waals surface area contributed by atoms with Gasteiger partial charge in [0.25, 0.3) is 0 Å². The molecule has 0 unspecified atom stereocenters. The van der Waals surface area contributed by atoms with E-state index in [2.05, 4.69) is 47.3 Å². The molecule has 1 aliphatic rings. The van der Waals surface area contributed by atoms with E-state index < -0.39 is 11.7 Å². The summed E-state index contributed by atoms with van der Waals surface area (Å²) in [7, 11) is 2.08. The van der Waals surface area contributed by atoms with Gasteiger partial charge in [-0.25, -0.2) is 15.0 Å². The lowest BCUT2D eigenvalue weighted by Crippen LogP contribution is -2.40. The van der Waals surface area contributed by atoms with Crippen molar-refractivity contribution in [2.75, 3.05) is 58.3 Å². The van der Waals surface area contributed by atoms with Crippen molar-refractivity contribution in [3.05, 3.63) is 59.9 Å². The van der Waals surface area contributed by atoms with Crippen LogP contribution in [0.5, 0.6) is 0 Å². The third kappa shape index (κ3) is 6.88. The van der Waals surface area contributed by atoms with Crippen molar-refractivity contribution in [2.45, 2.75) is 19.0 Å². The minimum absolute atomic E-state index is 0.0190. The average molecular weight is 541 g/mol. The largest absolute Gasteiger partial charge is 0.417 e. The summed E-state index contributed by atoms with van der Waals surface area (Å²) in [6, 6.07) is 10.8. The summed E-state index contributed by atoms with van der Waals surface area (Å²) >= 11 is 0. The van der Waals surface area contributed by atoms with Crippen LogP contribution in [0.15, 0.2) is 48.7 Å². The number of likely N-dealkylation sites (N-methyl/N-ethyl adjacent to an activating group) is 1. The Hall–Kier alpha value is -3.61. The highest BCUT2D eigenvalue weighted by molar-refractivity contribution is 5.88. The lowest BCUT2D eigenvalue weighted by atomic mass is 10.1. The molecule has 206 valence electrons. The van der Waals surface area contributed by atoms with Crippen molar-refractivity contribution in [3.63, 3.8) is 0 Å². The Morgan fingerprint density at radius 2 is 1.90 bits per heavy atom. The number of morpholine rings is 1. The van der Waals surface area contributed by atoms with Crippen LogP contribution in [0.2, 0.25) is 0 Å². The molecule has 0 aliphatic carbocycles. The molecule has 0 amide bonds. The number of fused-ring (bicyclic) bond motifs is 1. The molecular weight excluding hydrogens is 509 g/mol. The third-order valence-corrected chi connectivity index (χ3v) is 6.71. The Morgan fingerprint density at radius 1 is 1.08 bits per heavy atom. The second-order valence-corrected chi connectivity index (χ2v) is 9.57. The Balaban J connectivity index is 1.35. The van der Waals surface area contributed by atoms with Gasteiger partial charge in [0.1, 0.15) is 11.6 Å². The first-order valence-electron chi connectivity index (χ1n) is 13.0. The van der Waals surface area contributed by atoms with E-state index >= 15 is 0 Å². The van der Waals surface area contributed by atoms with Gasteiger partial charge in [-0.1, -0.05) is 18.2 Å². The number of pyridine rings is 1. The molecule has 4 heterocycles. The molecular formula is C27H31F3N8O. The highest BCUT2D eigenvalue weighted by Crippen LogP contribution is 2.36. The van der Waals surface area contributed by atoms with Crippen LogP contribution in [0.25, 0.3) is 22.4 Å². The Labute approximate surface area is 224 Å². The summed E-state index contributed by atoms with van der Waals surface area (Å²) in [6.45, 7) is 6.21. The second kappa shape index (κ2) is 12.1. The molecule has 1 aromatic carbocycles. The maximum Gasteiger partial charge on any atom is 0.417 e. The van der Waals surface area contributed by atoms with Gasteiger partial charge < -0.3 is 15.0 Å². The molecule has 2 N–H and O–H groups in total. The van der Waals surface area contributed by atoms with Gasteiger partial charge in [-0.3, -0.25) is 10.00 Å². The van der Waals surface area contributed by atoms with Crippen LogP contribution in [0, 0.1) is 0 Å². The van der Waals surface area contributed by atoms with Crippen LogP contribution >= 0.6 is 0 Å². The molecule has 1 fully saturated rings. The number of ether oxygens (including phenoxy) is 1. The first-order chi connectivity index (χ1) is 18.9. The molecule has 0 saturated carbocycles. The summed E-state index contributed by atoms with van der Waals surface area (Å²) in [5.41, 5.74) is 0.348. The molecule has 5 rings (SSSR count). The number of H-pyrrole nitrogens is 1. The van der Waals surface area contributed by atoms with Gasteiger partial charge in [-0.05, 0) is 44.6 Å². The number of aryl methyl sites for hydroxylation is 1. The SMILES string of the molecule is CN(CCCc1cc(Nc2[nH]nc3ncccc23)nc(-c2ccccc2C(F)(F)F)n1)CCN1CCOCC1.